The average Bonchev–Trinajstić information content (AvgIpc) is 3.41. The lowest BCUT2D eigenvalue weighted by atomic mass is 9.83. The van der Waals surface area contributed by atoms with E-state index in [1.165, 1.54) is 19.4 Å². The van der Waals surface area contributed by atoms with E-state index in [0.29, 0.717) is 65.0 Å². The van der Waals surface area contributed by atoms with Crippen LogP contribution in [0.3, 0.4) is 0 Å². The molecule has 3 N–H and O–H groups in total. The van der Waals surface area contributed by atoms with Crippen molar-refractivity contribution in [2.24, 2.45) is 0 Å². The Bertz CT molecular complexity index is 1260. The fourth-order valence-corrected chi connectivity index (χ4v) is 5.07. The summed E-state index contributed by atoms with van der Waals surface area (Å²) in [5, 5.41) is 21.0. The lowest BCUT2D eigenvalue weighted by molar-refractivity contribution is 0.0194. The number of anilines is 4. The SMILES string of the molecule is CO[C@H]1CCN(c2nccc(Nc3cc(NC4CCC(C)(O)CC4)c(-c4ccn(C(F)F)n4)cn3)n2)C[C@H]1F. The first-order valence-corrected chi connectivity index (χ1v) is 13.1. The van der Waals surface area contributed by atoms with E-state index in [9.17, 15) is 18.3 Å². The molecule has 0 radical (unpaired) electrons. The Hall–Kier alpha value is -3.45. The van der Waals surface area contributed by atoms with E-state index in [4.69, 9.17) is 4.74 Å². The second kappa shape index (κ2) is 11.3. The van der Waals surface area contributed by atoms with Crippen molar-refractivity contribution in [3.05, 3.63) is 36.8 Å². The van der Waals surface area contributed by atoms with E-state index in [2.05, 4.69) is 30.7 Å². The minimum absolute atomic E-state index is 0.0886. The van der Waals surface area contributed by atoms with Crippen LogP contribution in [0.2, 0.25) is 0 Å². The molecule has 210 valence electrons. The van der Waals surface area contributed by atoms with Gasteiger partial charge in [0.15, 0.2) is 0 Å². The van der Waals surface area contributed by atoms with E-state index in [0.717, 1.165) is 12.8 Å². The van der Waals surface area contributed by atoms with E-state index in [1.54, 1.807) is 29.4 Å². The minimum atomic E-state index is -2.75. The number of halogens is 3. The van der Waals surface area contributed by atoms with Gasteiger partial charge in [-0.05, 0) is 51.2 Å². The molecular formula is C26H33F3N8O2. The van der Waals surface area contributed by atoms with Gasteiger partial charge in [0.25, 0.3) is 0 Å². The number of pyridine rings is 1. The molecule has 3 aromatic rings. The highest BCUT2D eigenvalue weighted by atomic mass is 19.3. The van der Waals surface area contributed by atoms with Crippen LogP contribution in [0, 0.1) is 0 Å². The number of rotatable bonds is 8. The number of methoxy groups -OCH3 is 1. The maximum absolute atomic E-state index is 14.4. The molecule has 1 saturated heterocycles. The molecule has 0 bridgehead atoms. The first-order valence-electron chi connectivity index (χ1n) is 13.1. The van der Waals surface area contributed by atoms with Crippen molar-refractivity contribution >= 4 is 23.3 Å². The summed E-state index contributed by atoms with van der Waals surface area (Å²) in [6.07, 6.45) is 6.19. The fraction of sp³-hybridized carbons (Fsp3) is 0.538. The standard InChI is InChI=1S/C26H33F3N8O2/c1-26(38)8-3-16(4-9-26)32-20-13-23(31-14-17(20)19-6-12-37(35-19)24(28)29)33-22-5-10-30-25(34-22)36-11-7-21(39-2)18(27)15-36/h5-6,10,12-14,16,18,21,24,38H,3-4,7-9,11,15H2,1-2H3,(H2,30,31,32,33,34)/t16?,18-,21+,26?/m1/s1. The van der Waals surface area contributed by atoms with Crippen molar-refractivity contribution in [1.82, 2.24) is 24.7 Å². The van der Waals surface area contributed by atoms with Gasteiger partial charge in [-0.15, -0.1) is 0 Å². The van der Waals surface area contributed by atoms with Crippen LogP contribution < -0.4 is 15.5 Å². The van der Waals surface area contributed by atoms with Crippen molar-refractivity contribution in [1.29, 1.82) is 0 Å². The Kier molecular flexibility index (Phi) is 7.89. The third-order valence-electron chi connectivity index (χ3n) is 7.38. The second-order valence-electron chi connectivity index (χ2n) is 10.4. The Morgan fingerprint density at radius 2 is 1.95 bits per heavy atom. The van der Waals surface area contributed by atoms with Gasteiger partial charge < -0.3 is 25.4 Å². The molecule has 2 atom stereocenters. The predicted octanol–water partition coefficient (Wildman–Crippen LogP) is 4.54. The number of nitrogens with zero attached hydrogens (tertiary/aromatic N) is 6. The molecule has 0 unspecified atom stereocenters. The Morgan fingerprint density at radius 1 is 1.15 bits per heavy atom. The molecule has 4 heterocycles. The van der Waals surface area contributed by atoms with Crippen LogP contribution in [-0.2, 0) is 4.74 Å². The second-order valence-corrected chi connectivity index (χ2v) is 10.4. The van der Waals surface area contributed by atoms with Crippen LogP contribution in [0.15, 0.2) is 36.8 Å². The quantitative estimate of drug-likeness (QED) is 0.375. The smallest absolute Gasteiger partial charge is 0.333 e. The van der Waals surface area contributed by atoms with Gasteiger partial charge in [-0.2, -0.15) is 18.9 Å². The summed E-state index contributed by atoms with van der Waals surface area (Å²) in [4.78, 5) is 15.1. The monoisotopic (exact) mass is 546 g/mol. The van der Waals surface area contributed by atoms with Crippen LogP contribution in [0.4, 0.5) is 36.4 Å². The molecule has 0 aromatic carbocycles. The van der Waals surface area contributed by atoms with Crippen molar-refractivity contribution in [3.8, 4) is 11.3 Å². The minimum Gasteiger partial charge on any atom is -0.390 e. The Balaban J connectivity index is 1.37. The molecule has 5 rings (SSSR count). The van der Waals surface area contributed by atoms with Crippen LogP contribution in [0.25, 0.3) is 11.3 Å². The molecular weight excluding hydrogens is 513 g/mol. The Labute approximate surface area is 224 Å². The van der Waals surface area contributed by atoms with Crippen molar-refractivity contribution in [2.45, 2.75) is 69.5 Å². The number of piperidine rings is 1. The molecule has 0 amide bonds. The maximum Gasteiger partial charge on any atom is 0.333 e. The van der Waals surface area contributed by atoms with Crippen LogP contribution in [0.5, 0.6) is 0 Å². The number of ether oxygens (including phenoxy) is 1. The molecule has 10 nitrogen and oxygen atoms in total. The van der Waals surface area contributed by atoms with Crippen LogP contribution >= 0.6 is 0 Å². The maximum atomic E-state index is 14.4. The molecule has 39 heavy (non-hydrogen) atoms. The third kappa shape index (κ3) is 6.41. The van der Waals surface area contributed by atoms with E-state index >= 15 is 0 Å². The summed E-state index contributed by atoms with van der Waals surface area (Å²) < 4.78 is 46.5. The first-order chi connectivity index (χ1) is 18.7. The summed E-state index contributed by atoms with van der Waals surface area (Å²) in [6.45, 7) is -0.195. The zero-order valence-corrected chi connectivity index (χ0v) is 21.9. The summed E-state index contributed by atoms with van der Waals surface area (Å²) in [7, 11) is 1.51. The van der Waals surface area contributed by atoms with Gasteiger partial charge in [0.2, 0.25) is 5.95 Å². The van der Waals surface area contributed by atoms with E-state index in [1.807, 2.05) is 6.92 Å². The summed E-state index contributed by atoms with van der Waals surface area (Å²) >= 11 is 0. The van der Waals surface area contributed by atoms with Gasteiger partial charge in [-0.25, -0.2) is 19.0 Å². The van der Waals surface area contributed by atoms with E-state index in [-0.39, 0.29) is 12.6 Å². The highest BCUT2D eigenvalue weighted by molar-refractivity contribution is 5.77. The molecule has 0 spiro atoms. The molecule has 1 saturated carbocycles. The number of hydrogen-bond donors (Lipinski definition) is 3. The van der Waals surface area contributed by atoms with Crippen LogP contribution in [-0.4, -0.2) is 74.0 Å². The van der Waals surface area contributed by atoms with Gasteiger partial charge in [-0.1, -0.05) is 0 Å². The molecule has 2 fully saturated rings. The highest BCUT2D eigenvalue weighted by Gasteiger charge is 2.31. The number of alkyl halides is 3. The average molecular weight is 547 g/mol. The van der Waals surface area contributed by atoms with Crippen molar-refractivity contribution in [3.63, 3.8) is 0 Å². The van der Waals surface area contributed by atoms with Gasteiger partial charge in [0.1, 0.15) is 17.8 Å². The number of nitrogens with one attached hydrogen (secondary N) is 2. The normalized spacial score (nSPS) is 25.6. The summed E-state index contributed by atoms with van der Waals surface area (Å²) in [6, 6.07) is 5.08. The molecule has 1 aliphatic heterocycles. The predicted molar refractivity (Wildman–Crippen MR) is 141 cm³/mol. The van der Waals surface area contributed by atoms with E-state index < -0.39 is 24.4 Å². The van der Waals surface area contributed by atoms with Crippen LogP contribution in [0.1, 0.15) is 45.6 Å². The fourth-order valence-electron chi connectivity index (χ4n) is 5.07. The van der Waals surface area contributed by atoms with Gasteiger partial charge in [0, 0.05) is 55.6 Å². The number of aromatic nitrogens is 5. The largest absolute Gasteiger partial charge is 0.390 e. The van der Waals surface area contributed by atoms with Gasteiger partial charge in [-0.3, -0.25) is 0 Å². The lowest BCUT2D eigenvalue weighted by Gasteiger charge is -2.34. The zero-order chi connectivity index (χ0) is 27.6. The zero-order valence-electron chi connectivity index (χ0n) is 21.9. The summed E-state index contributed by atoms with van der Waals surface area (Å²) in [5.41, 5.74) is 0.933. The molecule has 1 aliphatic carbocycles. The van der Waals surface area contributed by atoms with Gasteiger partial charge in [0.05, 0.1) is 23.9 Å². The molecule has 13 heteroatoms. The summed E-state index contributed by atoms with van der Waals surface area (Å²) in [5.74, 6) is 1.36. The van der Waals surface area contributed by atoms with Gasteiger partial charge >= 0.3 is 6.55 Å². The lowest BCUT2D eigenvalue weighted by Crippen LogP contribution is -2.46. The topological polar surface area (TPSA) is 113 Å². The Morgan fingerprint density at radius 3 is 2.64 bits per heavy atom. The third-order valence-corrected chi connectivity index (χ3v) is 7.38. The molecule has 2 aliphatic rings. The highest BCUT2D eigenvalue weighted by Crippen LogP contribution is 2.34. The first kappa shape index (κ1) is 27.1. The molecule has 3 aromatic heterocycles. The number of aliphatic hydroxyl groups is 1. The van der Waals surface area contributed by atoms with Crippen molar-refractivity contribution in [2.75, 3.05) is 35.7 Å². The van der Waals surface area contributed by atoms with Crippen molar-refractivity contribution < 1.29 is 23.0 Å². The number of hydrogen-bond acceptors (Lipinski definition) is 9.